The van der Waals surface area contributed by atoms with Crippen LogP contribution in [0.3, 0.4) is 0 Å². The average Bonchev–Trinajstić information content (AvgIpc) is 2.77. The van der Waals surface area contributed by atoms with Gasteiger partial charge in [-0.1, -0.05) is 91.8 Å². The number of nitrogens with zero attached hydrogens (tertiary/aromatic N) is 2. The minimum atomic E-state index is 0.570. The summed E-state index contributed by atoms with van der Waals surface area (Å²) in [6.07, 6.45) is 7.63. The fourth-order valence-electron chi connectivity index (χ4n) is 4.83. The van der Waals surface area contributed by atoms with Gasteiger partial charge in [-0.15, -0.1) is 0 Å². The Morgan fingerprint density at radius 2 is 0.778 bits per heavy atom. The molecule has 0 aliphatic rings. The van der Waals surface area contributed by atoms with E-state index >= 15 is 0 Å². The van der Waals surface area contributed by atoms with Gasteiger partial charge in [-0.25, -0.2) is 9.97 Å². The molecule has 3 rings (SSSR count). The van der Waals surface area contributed by atoms with Crippen LogP contribution in [0.4, 0.5) is 23.0 Å². The molecule has 36 heavy (non-hydrogen) atoms. The Morgan fingerprint density at radius 1 is 0.500 bits per heavy atom. The fraction of sp³-hybridized carbons (Fsp3) is 0.500. The van der Waals surface area contributed by atoms with Gasteiger partial charge in [0.15, 0.2) is 11.6 Å². The first-order valence-corrected chi connectivity index (χ1v) is 13.7. The van der Waals surface area contributed by atoms with Gasteiger partial charge in [0.2, 0.25) is 0 Å². The molecule has 0 saturated carbocycles. The quantitative estimate of drug-likeness (QED) is 0.269. The molecule has 1 aromatic heterocycles. The lowest BCUT2D eigenvalue weighted by Crippen LogP contribution is -2.10. The SMILES string of the molecule is CC(C)Cc1cccc(CC(C)C)c1Nc1nccnc1Nc1c(CC(C)C)cccc1CC(C)C. The Labute approximate surface area is 219 Å². The van der Waals surface area contributed by atoms with Crippen LogP contribution in [0.25, 0.3) is 0 Å². The summed E-state index contributed by atoms with van der Waals surface area (Å²) in [5.74, 6) is 3.82. The Kier molecular flexibility index (Phi) is 9.92. The highest BCUT2D eigenvalue weighted by molar-refractivity contribution is 5.77. The second kappa shape index (κ2) is 12.9. The molecule has 4 nitrogen and oxygen atoms in total. The van der Waals surface area contributed by atoms with Gasteiger partial charge in [0.25, 0.3) is 0 Å². The second-order valence-electron chi connectivity index (χ2n) is 11.8. The molecule has 1 heterocycles. The molecule has 0 radical (unpaired) electrons. The molecule has 3 aromatic rings. The van der Waals surface area contributed by atoms with E-state index in [2.05, 4.69) is 102 Å². The monoisotopic (exact) mass is 486 g/mol. The van der Waals surface area contributed by atoms with Crippen LogP contribution in [0.15, 0.2) is 48.8 Å². The smallest absolute Gasteiger partial charge is 0.173 e. The third-order valence-corrected chi connectivity index (χ3v) is 6.17. The van der Waals surface area contributed by atoms with E-state index in [1.165, 1.54) is 33.6 Å². The first-order chi connectivity index (χ1) is 17.1. The van der Waals surface area contributed by atoms with Crippen LogP contribution < -0.4 is 10.6 Å². The third-order valence-electron chi connectivity index (χ3n) is 6.17. The molecule has 0 saturated heterocycles. The molecule has 194 valence electrons. The van der Waals surface area contributed by atoms with Crippen molar-refractivity contribution in [2.45, 2.75) is 81.1 Å². The largest absolute Gasteiger partial charge is 0.337 e. The van der Waals surface area contributed by atoms with E-state index in [0.29, 0.717) is 23.7 Å². The van der Waals surface area contributed by atoms with Gasteiger partial charge in [0.1, 0.15) is 0 Å². The zero-order valence-corrected chi connectivity index (χ0v) is 23.7. The summed E-state index contributed by atoms with van der Waals surface area (Å²) in [5.41, 5.74) is 7.70. The Hall–Kier alpha value is -2.88. The van der Waals surface area contributed by atoms with Crippen molar-refractivity contribution >= 4 is 23.0 Å². The minimum Gasteiger partial charge on any atom is -0.337 e. The van der Waals surface area contributed by atoms with Crippen LogP contribution in [0.2, 0.25) is 0 Å². The first-order valence-electron chi connectivity index (χ1n) is 13.7. The normalized spacial score (nSPS) is 11.7. The molecular weight excluding hydrogens is 440 g/mol. The van der Waals surface area contributed by atoms with Gasteiger partial charge >= 0.3 is 0 Å². The highest BCUT2D eigenvalue weighted by Gasteiger charge is 2.17. The number of hydrogen-bond acceptors (Lipinski definition) is 4. The van der Waals surface area contributed by atoms with Gasteiger partial charge < -0.3 is 10.6 Å². The van der Waals surface area contributed by atoms with Crippen molar-refractivity contribution in [3.63, 3.8) is 0 Å². The third kappa shape index (κ3) is 7.81. The zero-order chi connectivity index (χ0) is 26.2. The lowest BCUT2D eigenvalue weighted by Gasteiger charge is -2.22. The predicted molar refractivity (Wildman–Crippen MR) is 156 cm³/mol. The topological polar surface area (TPSA) is 49.8 Å². The summed E-state index contributed by atoms with van der Waals surface area (Å²) in [7, 11) is 0. The molecule has 0 aliphatic heterocycles. The number of aromatic nitrogens is 2. The van der Waals surface area contributed by atoms with Gasteiger partial charge in [-0.05, 0) is 71.6 Å². The summed E-state index contributed by atoms with van der Waals surface area (Å²) >= 11 is 0. The van der Waals surface area contributed by atoms with Crippen LogP contribution in [0, 0.1) is 23.7 Å². The average molecular weight is 487 g/mol. The maximum Gasteiger partial charge on any atom is 0.173 e. The highest BCUT2D eigenvalue weighted by Crippen LogP contribution is 2.34. The van der Waals surface area contributed by atoms with Gasteiger partial charge in [0, 0.05) is 23.8 Å². The van der Waals surface area contributed by atoms with Crippen LogP contribution in [-0.2, 0) is 25.7 Å². The molecule has 2 N–H and O–H groups in total. The predicted octanol–water partition coefficient (Wildman–Crippen LogP) is 8.76. The van der Waals surface area contributed by atoms with Crippen LogP contribution in [0.1, 0.15) is 77.6 Å². The fourth-order valence-corrected chi connectivity index (χ4v) is 4.83. The van der Waals surface area contributed by atoms with Crippen molar-refractivity contribution in [3.05, 3.63) is 71.0 Å². The van der Waals surface area contributed by atoms with Crippen LogP contribution in [0.5, 0.6) is 0 Å². The number of rotatable bonds is 12. The lowest BCUT2D eigenvalue weighted by atomic mass is 9.94. The second-order valence-corrected chi connectivity index (χ2v) is 11.8. The molecule has 4 heteroatoms. The zero-order valence-electron chi connectivity index (χ0n) is 23.7. The molecule has 0 unspecified atom stereocenters. The molecule has 0 bridgehead atoms. The standard InChI is InChI=1S/C32H46N4/c1-21(2)17-25-11-9-12-26(18-22(3)4)29(25)35-31-32(34-16-15-33-31)36-30-27(19-23(5)6)13-10-14-28(30)20-24(7)8/h9-16,21-24H,17-20H2,1-8H3,(H,33,35)(H,34,36). The molecule has 0 spiro atoms. The summed E-state index contributed by atoms with van der Waals surface area (Å²) < 4.78 is 0. The van der Waals surface area contributed by atoms with E-state index in [4.69, 9.17) is 9.97 Å². The Bertz CT molecular complexity index is 970. The number of hydrogen-bond donors (Lipinski definition) is 2. The van der Waals surface area contributed by atoms with E-state index in [1.54, 1.807) is 12.4 Å². The maximum absolute atomic E-state index is 4.76. The van der Waals surface area contributed by atoms with E-state index < -0.39 is 0 Å². The molecular formula is C32H46N4. The molecule has 0 amide bonds. The minimum absolute atomic E-state index is 0.570. The van der Waals surface area contributed by atoms with Crippen molar-refractivity contribution in [3.8, 4) is 0 Å². The molecule has 0 atom stereocenters. The molecule has 0 fully saturated rings. The Morgan fingerprint density at radius 3 is 1.03 bits per heavy atom. The maximum atomic E-state index is 4.76. The summed E-state index contributed by atoms with van der Waals surface area (Å²) in [5, 5.41) is 7.45. The van der Waals surface area contributed by atoms with Crippen molar-refractivity contribution in [1.82, 2.24) is 9.97 Å². The van der Waals surface area contributed by atoms with Gasteiger partial charge in [-0.2, -0.15) is 0 Å². The summed E-state index contributed by atoms with van der Waals surface area (Å²) in [6.45, 7) is 18.2. The molecule has 0 aliphatic carbocycles. The molecule has 2 aromatic carbocycles. The van der Waals surface area contributed by atoms with E-state index in [-0.39, 0.29) is 0 Å². The number of para-hydroxylation sites is 2. The first kappa shape index (κ1) is 27.7. The van der Waals surface area contributed by atoms with E-state index in [0.717, 1.165) is 37.3 Å². The van der Waals surface area contributed by atoms with E-state index in [9.17, 15) is 0 Å². The van der Waals surface area contributed by atoms with Gasteiger partial charge in [0.05, 0.1) is 0 Å². The lowest BCUT2D eigenvalue weighted by molar-refractivity contribution is 0.637. The van der Waals surface area contributed by atoms with Crippen molar-refractivity contribution in [1.29, 1.82) is 0 Å². The summed E-state index contributed by atoms with van der Waals surface area (Å²) in [6, 6.07) is 13.4. The van der Waals surface area contributed by atoms with Crippen molar-refractivity contribution in [2.75, 3.05) is 10.6 Å². The summed E-state index contributed by atoms with van der Waals surface area (Å²) in [4.78, 5) is 9.51. The number of anilines is 4. The van der Waals surface area contributed by atoms with Crippen molar-refractivity contribution in [2.24, 2.45) is 23.7 Å². The van der Waals surface area contributed by atoms with Crippen LogP contribution >= 0.6 is 0 Å². The number of benzene rings is 2. The van der Waals surface area contributed by atoms with Gasteiger partial charge in [-0.3, -0.25) is 0 Å². The van der Waals surface area contributed by atoms with Crippen LogP contribution in [-0.4, -0.2) is 9.97 Å². The Balaban J connectivity index is 2.05. The van der Waals surface area contributed by atoms with Crippen molar-refractivity contribution < 1.29 is 0 Å². The highest BCUT2D eigenvalue weighted by atomic mass is 15.1. The van der Waals surface area contributed by atoms with E-state index in [1.807, 2.05) is 0 Å². The number of nitrogens with one attached hydrogen (secondary N) is 2.